The first-order valence-corrected chi connectivity index (χ1v) is 13.5. The molecule has 4 rings (SSSR count). The van der Waals surface area contributed by atoms with E-state index in [1.165, 1.54) is 43.5 Å². The summed E-state index contributed by atoms with van der Waals surface area (Å²) in [6.45, 7) is -7.07. The molecule has 0 spiro atoms. The van der Waals surface area contributed by atoms with Gasteiger partial charge in [0.1, 0.15) is 5.75 Å². The summed E-state index contributed by atoms with van der Waals surface area (Å²) in [4.78, 5) is 39.9. The summed E-state index contributed by atoms with van der Waals surface area (Å²) < 4.78 is 81.4. The zero-order chi connectivity index (χ0) is 31.8. The summed E-state index contributed by atoms with van der Waals surface area (Å²) in [6, 6.07) is 8.07. The minimum atomic E-state index is -4.19. The highest BCUT2D eigenvalue weighted by molar-refractivity contribution is 7.90. The van der Waals surface area contributed by atoms with E-state index >= 15 is 0 Å². The molecule has 2 aliphatic rings. The van der Waals surface area contributed by atoms with Gasteiger partial charge in [-0.05, 0) is 68.4 Å². The Hall–Kier alpha value is -3.40. The first-order valence-electron chi connectivity index (χ1n) is 15.0. The Balaban J connectivity index is 1.56. The van der Waals surface area contributed by atoms with Crippen LogP contribution in [0.25, 0.3) is 0 Å². The van der Waals surface area contributed by atoms with Gasteiger partial charge >= 0.3 is 6.03 Å². The lowest BCUT2D eigenvalue weighted by Crippen LogP contribution is -2.52. The lowest BCUT2D eigenvalue weighted by atomic mass is 9.77. The number of methoxy groups -OCH3 is 1. The third-order valence-corrected chi connectivity index (χ3v) is 8.04. The van der Waals surface area contributed by atoms with Crippen LogP contribution in [0.15, 0.2) is 47.4 Å². The van der Waals surface area contributed by atoms with E-state index in [2.05, 4.69) is 5.32 Å². The number of nitrogens with one attached hydrogen (secondary N) is 2. The average Bonchev–Trinajstić information content (AvgIpc) is 2.92. The largest absolute Gasteiger partial charge is 0.497 e. The van der Waals surface area contributed by atoms with Gasteiger partial charge in [-0.15, -0.1) is 0 Å². The highest BCUT2D eigenvalue weighted by atomic mass is 32.2. The van der Waals surface area contributed by atoms with Gasteiger partial charge in [-0.1, -0.05) is 37.5 Å². The van der Waals surface area contributed by atoms with Crippen LogP contribution in [0, 0.1) is 0 Å². The first kappa shape index (κ1) is 19.7. The predicted molar refractivity (Wildman–Crippen MR) is 138 cm³/mol. The molecule has 0 aromatic heterocycles. The molecule has 1 aliphatic carbocycles. The fourth-order valence-corrected chi connectivity index (χ4v) is 5.55. The molecule has 2 aromatic carbocycles. The van der Waals surface area contributed by atoms with Crippen LogP contribution < -0.4 is 14.8 Å². The number of amides is 4. The quantitative estimate of drug-likeness (QED) is 0.525. The molecule has 0 bridgehead atoms. The maximum atomic E-state index is 13.7. The van der Waals surface area contributed by atoms with E-state index in [9.17, 15) is 22.8 Å². The van der Waals surface area contributed by atoms with E-state index < -0.39 is 52.6 Å². The Morgan fingerprint density at radius 2 is 1.81 bits per heavy atom. The second-order valence-corrected chi connectivity index (χ2v) is 10.9. The van der Waals surface area contributed by atoms with Crippen LogP contribution in [0.2, 0.25) is 0 Å². The number of carbonyl (C=O) groups is 3. The smallest absolute Gasteiger partial charge is 0.328 e. The van der Waals surface area contributed by atoms with Crippen molar-refractivity contribution in [1.29, 1.82) is 0 Å². The Bertz CT molecular complexity index is 1490. The number of sulfonamides is 1. The number of carbonyl (C=O) groups excluding carboxylic acids is 3. The summed E-state index contributed by atoms with van der Waals surface area (Å²) in [5.41, 5.74) is -3.23. The highest BCUT2D eigenvalue weighted by Gasteiger charge is 2.44. The molecule has 10 heteroatoms. The third kappa shape index (κ3) is 5.64. The van der Waals surface area contributed by atoms with Crippen LogP contribution in [-0.4, -0.2) is 50.9 Å². The molecule has 1 heterocycles. The standard InChI is InChI=1S/C27H33N3O6S/c1-27(2)23-14-11-20(36-3)17-22(23)24(31)30(25(27)32)16-15-18-9-12-21(13-10-18)37(34,35)29-26(33)28-19-7-5-4-6-8-19/h9-14,17,19H,4-8,15-16H2,1-3H3,(H2,28,29,33)/i1D3,2D3. The molecule has 2 N–H and O–H groups in total. The maximum absolute atomic E-state index is 13.7. The number of rotatable bonds is 7. The second-order valence-electron chi connectivity index (χ2n) is 9.23. The topological polar surface area (TPSA) is 122 Å². The van der Waals surface area contributed by atoms with Crippen LogP contribution >= 0.6 is 0 Å². The molecule has 0 radical (unpaired) electrons. The minimum absolute atomic E-state index is 0.0369. The van der Waals surface area contributed by atoms with Gasteiger partial charge in [0, 0.05) is 26.4 Å². The van der Waals surface area contributed by atoms with Crippen LogP contribution in [0.1, 0.15) is 75.5 Å². The van der Waals surface area contributed by atoms with Crippen molar-refractivity contribution in [3.05, 3.63) is 59.2 Å². The maximum Gasteiger partial charge on any atom is 0.328 e. The van der Waals surface area contributed by atoms with E-state index in [0.29, 0.717) is 10.5 Å². The van der Waals surface area contributed by atoms with Crippen LogP contribution in [0.4, 0.5) is 4.79 Å². The van der Waals surface area contributed by atoms with Crippen molar-refractivity contribution >= 4 is 27.9 Å². The molecule has 0 saturated heterocycles. The molecule has 4 amide bonds. The van der Waals surface area contributed by atoms with E-state index in [-0.39, 0.29) is 35.2 Å². The summed E-state index contributed by atoms with van der Waals surface area (Å²) >= 11 is 0. The number of imide groups is 1. The number of hydrogen-bond donors (Lipinski definition) is 2. The molecule has 37 heavy (non-hydrogen) atoms. The molecule has 198 valence electrons. The molecule has 0 atom stereocenters. The zero-order valence-electron chi connectivity index (χ0n) is 26.4. The van der Waals surface area contributed by atoms with Gasteiger partial charge in [-0.2, -0.15) is 0 Å². The number of benzene rings is 2. The molecule has 9 nitrogen and oxygen atoms in total. The van der Waals surface area contributed by atoms with Crippen molar-refractivity contribution in [2.75, 3.05) is 13.7 Å². The van der Waals surface area contributed by atoms with Crippen molar-refractivity contribution in [2.45, 2.75) is 68.6 Å². The number of ether oxygens (including phenoxy) is 1. The molecule has 1 fully saturated rings. The van der Waals surface area contributed by atoms with E-state index in [0.717, 1.165) is 38.2 Å². The van der Waals surface area contributed by atoms with Gasteiger partial charge in [0.25, 0.3) is 15.9 Å². The summed E-state index contributed by atoms with van der Waals surface area (Å²) in [5, 5.41) is 2.68. The van der Waals surface area contributed by atoms with E-state index in [1.807, 2.05) is 4.72 Å². The number of nitrogens with zero attached hydrogens (tertiary/aromatic N) is 1. The molecule has 1 aliphatic heterocycles. The molecular formula is C27H33N3O6S. The average molecular weight is 534 g/mol. The summed E-state index contributed by atoms with van der Waals surface area (Å²) in [5.74, 6) is -2.08. The highest BCUT2D eigenvalue weighted by Crippen LogP contribution is 2.36. The SMILES string of the molecule is [2H]C([2H])([2H])C1(C([2H])([2H])[2H])C(=O)N(CCc2ccc(S(=O)(=O)NC(=O)NC3CCCCC3)cc2)C(=O)c2cc(OC)ccc21. The van der Waals surface area contributed by atoms with Crippen molar-refractivity contribution in [2.24, 2.45) is 0 Å². The second kappa shape index (κ2) is 10.5. The molecule has 0 unspecified atom stereocenters. The van der Waals surface area contributed by atoms with Crippen molar-refractivity contribution in [1.82, 2.24) is 14.9 Å². The fraction of sp³-hybridized carbons (Fsp3) is 0.444. The Morgan fingerprint density at radius 3 is 2.46 bits per heavy atom. The lowest BCUT2D eigenvalue weighted by molar-refractivity contribution is -0.134. The first-order chi connectivity index (χ1) is 20.0. The normalized spacial score (nSPS) is 20.8. The van der Waals surface area contributed by atoms with Crippen molar-refractivity contribution in [3.63, 3.8) is 0 Å². The van der Waals surface area contributed by atoms with E-state index in [4.69, 9.17) is 13.0 Å². The predicted octanol–water partition coefficient (Wildman–Crippen LogP) is 3.52. The molecule has 1 saturated carbocycles. The Labute approximate surface area is 226 Å². The van der Waals surface area contributed by atoms with Crippen LogP contribution in [0.5, 0.6) is 5.75 Å². The van der Waals surface area contributed by atoms with Gasteiger partial charge < -0.3 is 10.1 Å². The minimum Gasteiger partial charge on any atom is -0.497 e. The van der Waals surface area contributed by atoms with Gasteiger partial charge in [0.15, 0.2) is 0 Å². The van der Waals surface area contributed by atoms with Crippen molar-refractivity contribution in [3.8, 4) is 5.75 Å². The number of hydrogen-bond acceptors (Lipinski definition) is 6. The van der Waals surface area contributed by atoms with E-state index in [1.54, 1.807) is 0 Å². The Kier molecular flexibility index (Phi) is 5.60. The Morgan fingerprint density at radius 1 is 1.11 bits per heavy atom. The summed E-state index contributed by atoms with van der Waals surface area (Å²) in [7, 11) is -2.87. The number of urea groups is 1. The zero-order valence-corrected chi connectivity index (χ0v) is 21.2. The van der Waals surface area contributed by atoms with Gasteiger partial charge in [0.2, 0.25) is 5.91 Å². The monoisotopic (exact) mass is 533 g/mol. The van der Waals surface area contributed by atoms with Crippen LogP contribution in [0.3, 0.4) is 0 Å². The van der Waals surface area contributed by atoms with Crippen LogP contribution in [-0.2, 0) is 26.7 Å². The lowest BCUT2D eigenvalue weighted by Gasteiger charge is -2.37. The molecule has 2 aromatic rings. The summed E-state index contributed by atoms with van der Waals surface area (Å²) in [6.07, 6.45) is 4.52. The molecular weight excluding hydrogens is 494 g/mol. The van der Waals surface area contributed by atoms with Gasteiger partial charge in [-0.3, -0.25) is 14.5 Å². The number of fused-ring (bicyclic) bond motifs is 1. The van der Waals surface area contributed by atoms with Crippen molar-refractivity contribution < 1.29 is 35.8 Å². The fourth-order valence-electron chi connectivity index (χ4n) is 4.63. The van der Waals surface area contributed by atoms with Gasteiger partial charge in [-0.25, -0.2) is 17.9 Å². The van der Waals surface area contributed by atoms with Gasteiger partial charge in [0.05, 0.1) is 17.4 Å². The third-order valence-electron chi connectivity index (χ3n) is 6.70.